The lowest BCUT2D eigenvalue weighted by Gasteiger charge is -2.16. The van der Waals surface area contributed by atoms with Gasteiger partial charge in [0.15, 0.2) is 0 Å². The second-order valence-electron chi connectivity index (χ2n) is 3.02. The fraction of sp³-hybridized carbons (Fsp3) is 0.500. The van der Waals surface area contributed by atoms with Crippen molar-refractivity contribution in [3.63, 3.8) is 0 Å². The molecule has 0 radical (unpaired) electrons. The third-order valence-electron chi connectivity index (χ3n) is 1.73. The van der Waals surface area contributed by atoms with Crippen LogP contribution in [0.1, 0.15) is 11.6 Å². The first-order chi connectivity index (χ1) is 7.53. The summed E-state index contributed by atoms with van der Waals surface area (Å²) in [4.78, 5) is 7.45. The van der Waals surface area contributed by atoms with Crippen LogP contribution in [-0.4, -0.2) is 29.4 Å². The highest BCUT2D eigenvalue weighted by Gasteiger charge is 2.28. The van der Waals surface area contributed by atoms with Crippen molar-refractivity contribution >= 4 is 0 Å². The molecule has 0 amide bonds. The summed E-state index contributed by atoms with van der Waals surface area (Å²) in [6.07, 6.45) is -0.122. The molecule has 8 heteroatoms. The van der Waals surface area contributed by atoms with Gasteiger partial charge in [0.25, 0.3) is 0 Å². The summed E-state index contributed by atoms with van der Waals surface area (Å²) in [6.45, 7) is -1.51. The number of halogens is 3. The molecule has 0 spiro atoms. The van der Waals surface area contributed by atoms with E-state index in [2.05, 4.69) is 20.1 Å². The van der Waals surface area contributed by atoms with Gasteiger partial charge in [-0.05, 0) is 0 Å². The predicted molar refractivity (Wildman–Crippen MR) is 49.0 cm³/mol. The highest BCUT2D eigenvalue weighted by molar-refractivity contribution is 5.08. The van der Waals surface area contributed by atoms with Gasteiger partial charge in [-0.15, -0.1) is 0 Å². The molecule has 0 aliphatic heterocycles. The monoisotopic (exact) mass is 236 g/mol. The van der Waals surface area contributed by atoms with Gasteiger partial charge < -0.3 is 4.74 Å². The number of hydrogen-bond acceptors (Lipinski definition) is 5. The number of alkyl halides is 3. The average Bonchev–Trinajstić information content (AvgIpc) is 2.24. The van der Waals surface area contributed by atoms with Crippen LogP contribution in [0.5, 0.6) is 0 Å². The van der Waals surface area contributed by atoms with E-state index in [0.29, 0.717) is 5.56 Å². The van der Waals surface area contributed by atoms with E-state index in [-0.39, 0.29) is 6.61 Å². The zero-order valence-corrected chi connectivity index (χ0v) is 8.24. The molecule has 1 aromatic rings. The summed E-state index contributed by atoms with van der Waals surface area (Å²) in [5.74, 6) is 5.19. The minimum absolute atomic E-state index is 0.205. The number of nitrogens with one attached hydrogen (secondary N) is 1. The predicted octanol–water partition coefficient (Wildman–Crippen LogP) is 0.560. The molecule has 0 saturated carbocycles. The fourth-order valence-corrected chi connectivity index (χ4v) is 1.02. The van der Waals surface area contributed by atoms with Crippen LogP contribution >= 0.6 is 0 Å². The lowest BCUT2D eigenvalue weighted by molar-refractivity contribution is -0.175. The Morgan fingerprint density at radius 1 is 1.38 bits per heavy atom. The van der Waals surface area contributed by atoms with Gasteiger partial charge in [-0.1, -0.05) is 0 Å². The van der Waals surface area contributed by atoms with Crippen LogP contribution in [0.25, 0.3) is 0 Å². The lowest BCUT2D eigenvalue weighted by atomic mass is 10.2. The van der Waals surface area contributed by atoms with E-state index in [0.717, 1.165) is 0 Å². The Labute approximate surface area is 89.8 Å². The minimum atomic E-state index is -4.34. The van der Waals surface area contributed by atoms with E-state index in [9.17, 15) is 13.2 Å². The van der Waals surface area contributed by atoms with Crippen LogP contribution in [0.2, 0.25) is 0 Å². The van der Waals surface area contributed by atoms with Crippen molar-refractivity contribution in [2.75, 3.05) is 13.2 Å². The normalized spacial score (nSPS) is 13.8. The summed E-state index contributed by atoms with van der Waals surface area (Å²) in [5.41, 5.74) is 2.89. The maximum Gasteiger partial charge on any atom is 0.411 e. The summed E-state index contributed by atoms with van der Waals surface area (Å²) >= 11 is 0. The molecule has 1 atom stereocenters. The van der Waals surface area contributed by atoms with Crippen LogP contribution in [0, 0.1) is 0 Å². The van der Waals surface area contributed by atoms with Crippen LogP contribution in [0.4, 0.5) is 13.2 Å². The molecule has 0 aliphatic rings. The molecule has 3 N–H and O–H groups in total. The Bertz CT molecular complexity index is 306. The smallest absolute Gasteiger partial charge is 0.370 e. The molecule has 0 aliphatic carbocycles. The van der Waals surface area contributed by atoms with E-state index in [1.165, 1.54) is 18.7 Å². The molecule has 16 heavy (non-hydrogen) atoms. The summed E-state index contributed by atoms with van der Waals surface area (Å²) in [5, 5.41) is 0. The number of hydrazine groups is 1. The van der Waals surface area contributed by atoms with Crippen molar-refractivity contribution in [2.24, 2.45) is 5.84 Å². The number of hydrogen-bond donors (Lipinski definition) is 2. The number of rotatable bonds is 5. The molecule has 0 bridgehead atoms. The minimum Gasteiger partial charge on any atom is -0.370 e. The zero-order chi connectivity index (χ0) is 12.0. The Kier molecular flexibility index (Phi) is 4.59. The number of ether oxygens (including phenoxy) is 1. The molecule has 1 heterocycles. The average molecular weight is 236 g/mol. The largest absolute Gasteiger partial charge is 0.411 e. The Morgan fingerprint density at radius 2 is 2.00 bits per heavy atom. The molecule has 0 aromatic carbocycles. The van der Waals surface area contributed by atoms with Crippen molar-refractivity contribution < 1.29 is 17.9 Å². The van der Waals surface area contributed by atoms with E-state index in [1.807, 2.05) is 0 Å². The fourth-order valence-electron chi connectivity index (χ4n) is 1.02. The Balaban J connectivity index is 2.45. The highest BCUT2D eigenvalue weighted by atomic mass is 19.4. The van der Waals surface area contributed by atoms with Crippen molar-refractivity contribution in [3.05, 3.63) is 24.3 Å². The van der Waals surface area contributed by atoms with Crippen LogP contribution in [0.3, 0.4) is 0 Å². The van der Waals surface area contributed by atoms with Crippen LogP contribution < -0.4 is 11.3 Å². The molecule has 1 rings (SSSR count). The lowest BCUT2D eigenvalue weighted by Crippen LogP contribution is -2.32. The van der Waals surface area contributed by atoms with E-state index in [1.54, 1.807) is 0 Å². The van der Waals surface area contributed by atoms with Gasteiger partial charge in [0.05, 0.1) is 12.6 Å². The van der Waals surface area contributed by atoms with Crippen LogP contribution in [-0.2, 0) is 4.74 Å². The van der Waals surface area contributed by atoms with Gasteiger partial charge in [0, 0.05) is 18.0 Å². The highest BCUT2D eigenvalue weighted by Crippen LogP contribution is 2.16. The number of nitrogens with zero attached hydrogens (tertiary/aromatic N) is 2. The zero-order valence-electron chi connectivity index (χ0n) is 8.24. The third kappa shape index (κ3) is 4.51. The molecule has 5 nitrogen and oxygen atoms in total. The summed E-state index contributed by atoms with van der Waals surface area (Å²) in [7, 11) is 0. The maximum absolute atomic E-state index is 11.8. The van der Waals surface area contributed by atoms with Gasteiger partial charge >= 0.3 is 6.18 Å². The van der Waals surface area contributed by atoms with Crippen molar-refractivity contribution in [2.45, 2.75) is 12.2 Å². The van der Waals surface area contributed by atoms with Gasteiger partial charge in [-0.2, -0.15) is 13.2 Å². The quantitative estimate of drug-likeness (QED) is 0.577. The van der Waals surface area contributed by atoms with Crippen molar-refractivity contribution in [1.29, 1.82) is 0 Å². The number of aromatic nitrogens is 2. The molecule has 1 unspecified atom stereocenters. The van der Waals surface area contributed by atoms with Gasteiger partial charge in [-0.25, -0.2) is 9.97 Å². The van der Waals surface area contributed by atoms with E-state index in [4.69, 9.17) is 5.84 Å². The number of nitrogens with two attached hydrogens (primary N) is 1. The molecule has 0 fully saturated rings. The third-order valence-corrected chi connectivity index (χ3v) is 1.73. The SMILES string of the molecule is NNC(COCC(F)(F)F)c1cncnc1. The first kappa shape index (κ1) is 12.8. The van der Waals surface area contributed by atoms with Gasteiger partial charge in [-0.3, -0.25) is 11.3 Å². The molecule has 90 valence electrons. The topological polar surface area (TPSA) is 73.1 Å². The molecule has 0 saturated heterocycles. The summed E-state index contributed by atoms with van der Waals surface area (Å²) < 4.78 is 39.9. The Morgan fingerprint density at radius 3 is 2.50 bits per heavy atom. The van der Waals surface area contributed by atoms with E-state index >= 15 is 0 Å². The summed E-state index contributed by atoms with van der Waals surface area (Å²) in [6, 6.07) is -0.566. The van der Waals surface area contributed by atoms with Crippen LogP contribution in [0.15, 0.2) is 18.7 Å². The van der Waals surface area contributed by atoms with Gasteiger partial charge in [0.2, 0.25) is 0 Å². The van der Waals surface area contributed by atoms with Crippen molar-refractivity contribution in [1.82, 2.24) is 15.4 Å². The molecule has 1 aromatic heterocycles. The van der Waals surface area contributed by atoms with Crippen molar-refractivity contribution in [3.8, 4) is 0 Å². The first-order valence-corrected chi connectivity index (χ1v) is 4.38. The first-order valence-electron chi connectivity index (χ1n) is 4.38. The van der Waals surface area contributed by atoms with E-state index < -0.39 is 18.8 Å². The molecular formula is C8H11F3N4O. The second-order valence-corrected chi connectivity index (χ2v) is 3.02. The maximum atomic E-state index is 11.8. The standard InChI is InChI=1S/C8H11F3N4O/c9-8(10,11)4-16-3-7(15-12)6-1-13-5-14-2-6/h1-2,5,7,15H,3-4,12H2. The molecular weight excluding hydrogens is 225 g/mol. The second kappa shape index (κ2) is 5.73. The van der Waals surface area contributed by atoms with Gasteiger partial charge in [0.1, 0.15) is 12.9 Å². The Hall–Kier alpha value is -1.25.